The Balaban J connectivity index is 1.56. The summed E-state index contributed by atoms with van der Waals surface area (Å²) in [5, 5.41) is 5.40. The number of alkyl halides is 3. The second-order valence-corrected chi connectivity index (χ2v) is 6.95. The van der Waals surface area contributed by atoms with Gasteiger partial charge in [0.15, 0.2) is 5.69 Å². The second kappa shape index (κ2) is 6.50. The predicted molar refractivity (Wildman–Crippen MR) is 88.3 cm³/mol. The standard InChI is InChI=1S/C17H18F3N5O2/c18-17(19,20)13-7-11(22-23-13)16(27)24-5-1-3-10(9-24)12-8-15(26)21-14-4-2-6-25(12)14/h7-8,10H,1-6,9H2,(H,22,23)/t10-/m0/s1. The molecule has 144 valence electrons. The lowest BCUT2D eigenvalue weighted by Crippen LogP contribution is -2.40. The summed E-state index contributed by atoms with van der Waals surface area (Å²) in [4.78, 5) is 30.1. The minimum atomic E-state index is -4.57. The number of amides is 1. The summed E-state index contributed by atoms with van der Waals surface area (Å²) in [6.45, 7) is 1.58. The fourth-order valence-corrected chi connectivity index (χ4v) is 3.90. The van der Waals surface area contributed by atoms with Gasteiger partial charge in [-0.25, -0.2) is 0 Å². The number of carbonyl (C=O) groups is 1. The molecule has 27 heavy (non-hydrogen) atoms. The Morgan fingerprint density at radius 1 is 1.22 bits per heavy atom. The van der Waals surface area contributed by atoms with Crippen LogP contribution in [0.3, 0.4) is 0 Å². The van der Waals surface area contributed by atoms with Crippen molar-refractivity contribution in [2.75, 3.05) is 13.1 Å². The van der Waals surface area contributed by atoms with Crippen LogP contribution in [-0.2, 0) is 19.1 Å². The van der Waals surface area contributed by atoms with Crippen LogP contribution in [0.2, 0.25) is 0 Å². The van der Waals surface area contributed by atoms with E-state index in [2.05, 4.69) is 10.1 Å². The summed E-state index contributed by atoms with van der Waals surface area (Å²) < 4.78 is 40.2. The van der Waals surface area contributed by atoms with Crippen LogP contribution >= 0.6 is 0 Å². The Morgan fingerprint density at radius 3 is 2.78 bits per heavy atom. The maximum absolute atomic E-state index is 12.7. The van der Waals surface area contributed by atoms with E-state index in [9.17, 15) is 22.8 Å². The summed E-state index contributed by atoms with van der Waals surface area (Å²) in [7, 11) is 0. The Labute approximate surface area is 152 Å². The summed E-state index contributed by atoms with van der Waals surface area (Å²) in [6, 6.07) is 2.25. The average Bonchev–Trinajstić information content (AvgIpc) is 3.29. The van der Waals surface area contributed by atoms with Crippen molar-refractivity contribution in [2.45, 2.75) is 44.3 Å². The number of halogens is 3. The van der Waals surface area contributed by atoms with Crippen LogP contribution in [-0.4, -0.2) is 43.6 Å². The van der Waals surface area contributed by atoms with E-state index in [-0.39, 0.29) is 17.2 Å². The first-order chi connectivity index (χ1) is 12.8. The van der Waals surface area contributed by atoms with Gasteiger partial charge in [-0.1, -0.05) is 0 Å². The fourth-order valence-electron chi connectivity index (χ4n) is 3.90. The van der Waals surface area contributed by atoms with Crippen molar-refractivity contribution in [1.29, 1.82) is 0 Å². The molecule has 0 spiro atoms. The highest BCUT2D eigenvalue weighted by Crippen LogP contribution is 2.31. The molecule has 2 aromatic rings. The van der Waals surface area contributed by atoms with Crippen LogP contribution in [0.5, 0.6) is 0 Å². The third-order valence-corrected chi connectivity index (χ3v) is 5.15. The van der Waals surface area contributed by atoms with Gasteiger partial charge in [-0.05, 0) is 19.3 Å². The number of hydrogen-bond acceptors (Lipinski definition) is 4. The number of nitrogens with zero attached hydrogens (tertiary/aromatic N) is 4. The highest BCUT2D eigenvalue weighted by atomic mass is 19.4. The second-order valence-electron chi connectivity index (χ2n) is 6.95. The average molecular weight is 381 g/mol. The molecule has 7 nitrogen and oxygen atoms in total. The van der Waals surface area contributed by atoms with Crippen LogP contribution in [0.15, 0.2) is 16.9 Å². The molecule has 0 aliphatic carbocycles. The number of aryl methyl sites for hydroxylation is 1. The number of likely N-dealkylation sites (tertiary alicyclic amines) is 1. The number of carbonyl (C=O) groups excluding carboxylic acids is 1. The first-order valence-electron chi connectivity index (χ1n) is 8.85. The van der Waals surface area contributed by atoms with Crippen molar-refractivity contribution < 1.29 is 18.0 Å². The van der Waals surface area contributed by atoms with Gasteiger partial charge in [0.05, 0.1) is 0 Å². The Hall–Kier alpha value is -2.65. The van der Waals surface area contributed by atoms with Crippen LogP contribution in [0.1, 0.15) is 52.9 Å². The summed E-state index contributed by atoms with van der Waals surface area (Å²) in [5.74, 6) is 0.184. The van der Waals surface area contributed by atoms with E-state index in [4.69, 9.17) is 0 Å². The molecule has 4 heterocycles. The number of piperidine rings is 1. The smallest absolute Gasteiger partial charge is 0.337 e. The van der Waals surface area contributed by atoms with Crippen molar-refractivity contribution in [1.82, 2.24) is 24.6 Å². The van der Waals surface area contributed by atoms with Gasteiger partial charge >= 0.3 is 6.18 Å². The van der Waals surface area contributed by atoms with Crippen molar-refractivity contribution in [3.05, 3.63) is 45.4 Å². The zero-order valence-corrected chi connectivity index (χ0v) is 14.4. The number of fused-ring (bicyclic) bond motifs is 1. The minimum absolute atomic E-state index is 0.0451. The fraction of sp³-hybridized carbons (Fsp3) is 0.529. The molecule has 4 rings (SSSR count). The van der Waals surface area contributed by atoms with Gasteiger partial charge in [0.2, 0.25) is 0 Å². The molecule has 2 aromatic heterocycles. The van der Waals surface area contributed by atoms with Crippen molar-refractivity contribution in [2.24, 2.45) is 0 Å². The molecule has 2 aliphatic heterocycles. The van der Waals surface area contributed by atoms with E-state index in [1.807, 2.05) is 9.67 Å². The van der Waals surface area contributed by atoms with E-state index < -0.39 is 17.8 Å². The zero-order chi connectivity index (χ0) is 19.2. The number of hydrogen-bond donors (Lipinski definition) is 1. The molecule has 0 aromatic carbocycles. The Kier molecular flexibility index (Phi) is 4.27. The van der Waals surface area contributed by atoms with Crippen molar-refractivity contribution in [3.8, 4) is 0 Å². The third kappa shape index (κ3) is 3.35. The van der Waals surface area contributed by atoms with Gasteiger partial charge in [-0.3, -0.25) is 14.7 Å². The summed E-state index contributed by atoms with van der Waals surface area (Å²) >= 11 is 0. The maximum Gasteiger partial charge on any atom is 0.432 e. The van der Waals surface area contributed by atoms with Crippen molar-refractivity contribution >= 4 is 5.91 Å². The third-order valence-electron chi connectivity index (χ3n) is 5.15. The number of nitrogens with one attached hydrogen (secondary N) is 1. The predicted octanol–water partition coefficient (Wildman–Crippen LogP) is 1.95. The summed E-state index contributed by atoms with van der Waals surface area (Å²) in [6.07, 6.45) is -1.38. The van der Waals surface area contributed by atoms with Crippen LogP contribution < -0.4 is 5.56 Å². The molecule has 1 saturated heterocycles. The van der Waals surface area contributed by atoms with Crippen molar-refractivity contribution in [3.63, 3.8) is 0 Å². The molecule has 1 atom stereocenters. The van der Waals surface area contributed by atoms with Gasteiger partial charge < -0.3 is 9.47 Å². The molecule has 1 N–H and O–H groups in total. The molecule has 2 aliphatic rings. The Bertz CT molecular complexity index is 933. The quantitative estimate of drug-likeness (QED) is 0.862. The van der Waals surface area contributed by atoms with Crippen LogP contribution in [0, 0.1) is 0 Å². The first kappa shape index (κ1) is 17.7. The number of aromatic nitrogens is 4. The minimum Gasteiger partial charge on any atom is -0.337 e. The van der Waals surface area contributed by atoms with Gasteiger partial charge in [-0.2, -0.15) is 23.3 Å². The Morgan fingerprint density at radius 2 is 2.04 bits per heavy atom. The SMILES string of the molecule is O=C(c1cc(C(F)(F)F)[nH]n1)N1CCC[C@H](c2cc(=O)nc3n2CCC3)C1. The normalized spacial score (nSPS) is 20.0. The highest BCUT2D eigenvalue weighted by molar-refractivity contribution is 5.92. The molecule has 0 bridgehead atoms. The van der Waals surface area contributed by atoms with Crippen LogP contribution in [0.4, 0.5) is 13.2 Å². The summed E-state index contributed by atoms with van der Waals surface area (Å²) in [5.41, 5.74) is -0.722. The van der Waals surface area contributed by atoms with Gasteiger partial charge in [0, 0.05) is 49.8 Å². The molecule has 10 heteroatoms. The first-order valence-corrected chi connectivity index (χ1v) is 8.85. The van der Waals surface area contributed by atoms with Crippen LogP contribution in [0.25, 0.3) is 0 Å². The van der Waals surface area contributed by atoms with E-state index in [1.54, 1.807) is 0 Å². The molecular formula is C17H18F3N5O2. The number of rotatable bonds is 2. The molecule has 1 fully saturated rings. The lowest BCUT2D eigenvalue weighted by Gasteiger charge is -2.33. The number of aromatic amines is 1. The monoisotopic (exact) mass is 381 g/mol. The van der Waals surface area contributed by atoms with E-state index in [1.165, 1.54) is 11.0 Å². The molecule has 0 radical (unpaired) electrons. The maximum atomic E-state index is 12.7. The van der Waals surface area contributed by atoms with Gasteiger partial charge in [0.25, 0.3) is 11.5 Å². The molecular weight excluding hydrogens is 363 g/mol. The topological polar surface area (TPSA) is 83.9 Å². The largest absolute Gasteiger partial charge is 0.432 e. The lowest BCUT2D eigenvalue weighted by atomic mass is 9.94. The highest BCUT2D eigenvalue weighted by Gasteiger charge is 2.35. The molecule has 0 saturated carbocycles. The van der Waals surface area contributed by atoms with Gasteiger partial charge in [-0.15, -0.1) is 0 Å². The number of H-pyrrole nitrogens is 1. The zero-order valence-electron chi connectivity index (χ0n) is 14.4. The molecule has 0 unspecified atom stereocenters. The lowest BCUT2D eigenvalue weighted by molar-refractivity contribution is -0.141. The van der Waals surface area contributed by atoms with E-state index >= 15 is 0 Å². The van der Waals surface area contributed by atoms with E-state index in [0.717, 1.165) is 43.4 Å². The van der Waals surface area contributed by atoms with Gasteiger partial charge in [0.1, 0.15) is 11.5 Å². The molecule has 1 amide bonds. The van der Waals surface area contributed by atoms with E-state index in [0.29, 0.717) is 19.5 Å².